The minimum Gasteiger partial charge on any atom is -0.260 e. The summed E-state index contributed by atoms with van der Waals surface area (Å²) in [5.74, 6) is 0.0971. The fourth-order valence-electron chi connectivity index (χ4n) is 0.789. The number of rotatable bonds is 4. The molecule has 0 saturated heterocycles. The zero-order valence-corrected chi connectivity index (χ0v) is 8.21. The summed E-state index contributed by atoms with van der Waals surface area (Å²) in [7, 11) is -3.11. The first kappa shape index (κ1) is 10.1. The molecule has 0 fully saturated rings. The molecule has 5 heteroatoms. The van der Waals surface area contributed by atoms with E-state index in [0.29, 0.717) is 0 Å². The van der Waals surface area contributed by atoms with Crippen LogP contribution in [0.3, 0.4) is 0 Å². The molecule has 0 aliphatic rings. The number of hydrogen-bond donors (Lipinski definition) is 1. The van der Waals surface area contributed by atoms with Crippen molar-refractivity contribution in [3.63, 3.8) is 0 Å². The molecule has 1 rings (SSSR count). The summed E-state index contributed by atoms with van der Waals surface area (Å²) in [5, 5.41) is 0. The number of hydrogen-bond acceptors (Lipinski definition) is 3. The average Bonchev–Trinajstić information content (AvgIpc) is 2.17. The minimum atomic E-state index is -3.11. The van der Waals surface area contributed by atoms with E-state index in [-0.39, 0.29) is 12.3 Å². The first-order chi connectivity index (χ1) is 6.14. The Morgan fingerprint density at radius 1 is 1.46 bits per heavy atom. The molecule has 1 N–H and O–H groups in total. The van der Waals surface area contributed by atoms with Gasteiger partial charge in [-0.25, -0.2) is 13.1 Å². The number of nitrogens with zero attached hydrogens (tertiary/aromatic N) is 1. The second-order valence-corrected chi connectivity index (χ2v) is 4.64. The largest absolute Gasteiger partial charge is 0.260 e. The van der Waals surface area contributed by atoms with Crippen molar-refractivity contribution in [1.82, 2.24) is 9.71 Å². The lowest BCUT2D eigenvalue weighted by molar-refractivity contribution is 0.581. The maximum atomic E-state index is 11.0. The third kappa shape index (κ3) is 3.52. The summed E-state index contributed by atoms with van der Waals surface area (Å²) in [5.41, 5.74) is 0.722. The van der Waals surface area contributed by atoms with Gasteiger partial charge in [-0.05, 0) is 19.1 Å². The monoisotopic (exact) mass is 200 g/mol. The van der Waals surface area contributed by atoms with Crippen LogP contribution in [0, 0.1) is 0 Å². The standard InChI is InChI=1S/C8H12N2O2S/c1-2-13(11,12)10-7-8-5-3-4-6-9-8/h3-6,10H,2,7H2,1H3. The van der Waals surface area contributed by atoms with Crippen LogP contribution in [-0.4, -0.2) is 19.2 Å². The van der Waals surface area contributed by atoms with Crippen molar-refractivity contribution in [2.75, 3.05) is 5.75 Å². The van der Waals surface area contributed by atoms with Crippen LogP contribution in [0.1, 0.15) is 12.6 Å². The highest BCUT2D eigenvalue weighted by atomic mass is 32.2. The second kappa shape index (κ2) is 4.34. The summed E-state index contributed by atoms with van der Waals surface area (Å²) in [6, 6.07) is 5.39. The van der Waals surface area contributed by atoms with E-state index in [0.717, 1.165) is 5.69 Å². The van der Waals surface area contributed by atoms with Gasteiger partial charge in [0.05, 0.1) is 18.0 Å². The fraction of sp³-hybridized carbons (Fsp3) is 0.375. The molecule has 13 heavy (non-hydrogen) atoms. The van der Waals surface area contributed by atoms with E-state index < -0.39 is 10.0 Å². The maximum Gasteiger partial charge on any atom is 0.211 e. The van der Waals surface area contributed by atoms with Crippen molar-refractivity contribution < 1.29 is 8.42 Å². The molecule has 0 saturated carbocycles. The molecule has 0 bridgehead atoms. The van der Waals surface area contributed by atoms with Gasteiger partial charge in [-0.1, -0.05) is 6.07 Å². The Bertz CT molecular complexity index is 348. The van der Waals surface area contributed by atoms with Crippen LogP contribution in [0.5, 0.6) is 0 Å². The van der Waals surface area contributed by atoms with Gasteiger partial charge in [0.2, 0.25) is 10.0 Å². The molecule has 1 aromatic rings. The molecule has 0 amide bonds. The first-order valence-electron chi connectivity index (χ1n) is 4.01. The Kier molecular flexibility index (Phi) is 3.39. The average molecular weight is 200 g/mol. The highest BCUT2D eigenvalue weighted by Gasteiger charge is 2.05. The molecule has 0 unspecified atom stereocenters. The Labute approximate surface area is 78.1 Å². The summed E-state index contributed by atoms with van der Waals surface area (Å²) >= 11 is 0. The van der Waals surface area contributed by atoms with Gasteiger partial charge in [-0.3, -0.25) is 4.98 Å². The van der Waals surface area contributed by atoms with Crippen molar-refractivity contribution in [3.8, 4) is 0 Å². The molecule has 0 spiro atoms. The van der Waals surface area contributed by atoms with Crippen LogP contribution in [0.15, 0.2) is 24.4 Å². The number of aromatic nitrogens is 1. The van der Waals surface area contributed by atoms with Crippen LogP contribution < -0.4 is 4.72 Å². The normalized spacial score (nSPS) is 11.5. The molecule has 1 heterocycles. The minimum absolute atomic E-state index is 0.0971. The quantitative estimate of drug-likeness (QED) is 0.771. The highest BCUT2D eigenvalue weighted by molar-refractivity contribution is 7.89. The van der Waals surface area contributed by atoms with Gasteiger partial charge in [0.1, 0.15) is 0 Å². The third-order valence-corrected chi connectivity index (χ3v) is 2.92. The van der Waals surface area contributed by atoms with E-state index in [1.165, 1.54) is 0 Å². The van der Waals surface area contributed by atoms with Gasteiger partial charge < -0.3 is 0 Å². The molecule has 1 aromatic heterocycles. The van der Waals surface area contributed by atoms with Gasteiger partial charge in [-0.15, -0.1) is 0 Å². The Morgan fingerprint density at radius 3 is 2.77 bits per heavy atom. The van der Waals surface area contributed by atoms with E-state index in [2.05, 4.69) is 9.71 Å². The summed E-state index contributed by atoms with van der Waals surface area (Å²) in [6.45, 7) is 1.86. The van der Waals surface area contributed by atoms with E-state index in [4.69, 9.17) is 0 Å². The molecule has 0 radical (unpaired) electrons. The van der Waals surface area contributed by atoms with Crippen LogP contribution in [-0.2, 0) is 16.6 Å². The van der Waals surface area contributed by atoms with Crippen molar-refractivity contribution in [2.45, 2.75) is 13.5 Å². The summed E-state index contributed by atoms with van der Waals surface area (Å²) in [4.78, 5) is 3.99. The van der Waals surface area contributed by atoms with Crippen LogP contribution in [0.25, 0.3) is 0 Å². The number of sulfonamides is 1. The van der Waals surface area contributed by atoms with Gasteiger partial charge in [0, 0.05) is 6.20 Å². The van der Waals surface area contributed by atoms with Crippen LogP contribution in [0.2, 0.25) is 0 Å². The lowest BCUT2D eigenvalue weighted by Crippen LogP contribution is -2.25. The molecular formula is C8H12N2O2S. The Morgan fingerprint density at radius 2 is 2.23 bits per heavy atom. The van der Waals surface area contributed by atoms with Crippen molar-refractivity contribution in [1.29, 1.82) is 0 Å². The van der Waals surface area contributed by atoms with E-state index >= 15 is 0 Å². The molecule has 0 atom stereocenters. The third-order valence-electron chi connectivity index (χ3n) is 1.58. The SMILES string of the molecule is CCS(=O)(=O)NCc1ccccn1. The van der Waals surface area contributed by atoms with Crippen LogP contribution >= 0.6 is 0 Å². The molecule has 0 aliphatic heterocycles. The van der Waals surface area contributed by atoms with Gasteiger partial charge in [0.15, 0.2) is 0 Å². The Hall–Kier alpha value is -0.940. The number of nitrogens with one attached hydrogen (secondary N) is 1. The van der Waals surface area contributed by atoms with E-state index in [1.807, 2.05) is 6.07 Å². The topological polar surface area (TPSA) is 59.1 Å². The molecule has 72 valence electrons. The Balaban J connectivity index is 2.54. The zero-order chi connectivity index (χ0) is 9.73. The predicted molar refractivity (Wildman–Crippen MR) is 50.5 cm³/mol. The van der Waals surface area contributed by atoms with E-state index in [1.54, 1.807) is 25.3 Å². The van der Waals surface area contributed by atoms with E-state index in [9.17, 15) is 8.42 Å². The zero-order valence-electron chi connectivity index (χ0n) is 7.40. The second-order valence-electron chi connectivity index (χ2n) is 2.55. The van der Waals surface area contributed by atoms with Gasteiger partial charge in [-0.2, -0.15) is 0 Å². The molecule has 4 nitrogen and oxygen atoms in total. The predicted octanol–water partition coefficient (Wildman–Crippen LogP) is 0.521. The molecule has 0 aliphatic carbocycles. The maximum absolute atomic E-state index is 11.0. The highest BCUT2D eigenvalue weighted by Crippen LogP contribution is 1.93. The fourth-order valence-corrected chi connectivity index (χ4v) is 1.36. The number of pyridine rings is 1. The molecule has 0 aromatic carbocycles. The van der Waals surface area contributed by atoms with Crippen molar-refractivity contribution in [3.05, 3.63) is 30.1 Å². The molecular weight excluding hydrogens is 188 g/mol. The smallest absolute Gasteiger partial charge is 0.211 e. The lowest BCUT2D eigenvalue weighted by atomic mass is 10.4. The van der Waals surface area contributed by atoms with Gasteiger partial charge >= 0.3 is 0 Å². The lowest BCUT2D eigenvalue weighted by Gasteiger charge is -2.02. The van der Waals surface area contributed by atoms with Gasteiger partial charge in [0.25, 0.3) is 0 Å². The summed E-state index contributed by atoms with van der Waals surface area (Å²) in [6.07, 6.45) is 1.63. The van der Waals surface area contributed by atoms with Crippen molar-refractivity contribution in [2.24, 2.45) is 0 Å². The van der Waals surface area contributed by atoms with Crippen molar-refractivity contribution >= 4 is 10.0 Å². The summed E-state index contributed by atoms with van der Waals surface area (Å²) < 4.78 is 24.5. The first-order valence-corrected chi connectivity index (χ1v) is 5.66. The van der Waals surface area contributed by atoms with Crippen LogP contribution in [0.4, 0.5) is 0 Å².